The molecule has 1 aromatic heterocycles. The third-order valence-corrected chi connectivity index (χ3v) is 7.96. The van der Waals surface area contributed by atoms with Crippen molar-refractivity contribution in [1.29, 1.82) is 0 Å². The number of ether oxygens (including phenoxy) is 1. The van der Waals surface area contributed by atoms with Gasteiger partial charge in [0.2, 0.25) is 0 Å². The lowest BCUT2D eigenvalue weighted by Crippen LogP contribution is -2.42. The molecule has 2 fully saturated rings. The summed E-state index contributed by atoms with van der Waals surface area (Å²) < 4.78 is 23.6. The smallest absolute Gasteiger partial charge is 0.195 e. The van der Waals surface area contributed by atoms with Crippen LogP contribution in [0.5, 0.6) is 0 Å². The Morgan fingerprint density at radius 3 is 2.41 bits per heavy atom. The Morgan fingerprint density at radius 1 is 1.03 bits per heavy atom. The highest BCUT2D eigenvalue weighted by Crippen LogP contribution is 2.43. The topological polar surface area (TPSA) is 31.2 Å². The first-order valence-corrected chi connectivity index (χ1v) is 12.0. The van der Waals surface area contributed by atoms with Crippen LogP contribution in [0.4, 0.5) is 4.39 Å². The maximum Gasteiger partial charge on any atom is 0.195 e. The van der Waals surface area contributed by atoms with Crippen molar-refractivity contribution in [3.8, 4) is 0 Å². The molecule has 3 aromatic rings. The Balaban J connectivity index is 1.58. The Labute approximate surface area is 189 Å². The van der Waals surface area contributed by atoms with Crippen LogP contribution in [0.1, 0.15) is 80.6 Å². The SMILES string of the molecule is CC[C@H]1O[C@@H](n2cc(C(=O)c3ccc(C4CC4)cc3)c3c(F)cccc32)[C@H](C)[C@@H](C)[C@@H]1C. The third kappa shape index (κ3) is 3.49. The minimum absolute atomic E-state index is 0.141. The summed E-state index contributed by atoms with van der Waals surface area (Å²) in [6, 6.07) is 12.9. The molecule has 2 aliphatic rings. The number of ketones is 1. The summed E-state index contributed by atoms with van der Waals surface area (Å²) in [7, 11) is 0. The second kappa shape index (κ2) is 8.15. The first-order valence-electron chi connectivity index (χ1n) is 12.0. The second-order valence-corrected chi connectivity index (χ2v) is 9.86. The fourth-order valence-corrected chi connectivity index (χ4v) is 5.42. The van der Waals surface area contributed by atoms with Crippen molar-refractivity contribution in [2.75, 3.05) is 0 Å². The van der Waals surface area contributed by atoms with Crippen LogP contribution in [-0.2, 0) is 4.74 Å². The van der Waals surface area contributed by atoms with E-state index in [4.69, 9.17) is 4.74 Å². The van der Waals surface area contributed by atoms with Gasteiger partial charge in [-0.15, -0.1) is 0 Å². The average Bonchev–Trinajstić information content (AvgIpc) is 3.58. The molecule has 0 radical (unpaired) electrons. The highest BCUT2D eigenvalue weighted by atomic mass is 19.1. The second-order valence-electron chi connectivity index (χ2n) is 9.86. The number of fused-ring (bicyclic) bond motifs is 1. The molecule has 0 unspecified atom stereocenters. The first kappa shape index (κ1) is 21.4. The van der Waals surface area contributed by atoms with Crippen molar-refractivity contribution in [3.63, 3.8) is 0 Å². The van der Waals surface area contributed by atoms with Gasteiger partial charge in [-0.25, -0.2) is 4.39 Å². The molecule has 1 aliphatic carbocycles. The molecule has 0 spiro atoms. The number of carbonyl (C=O) groups is 1. The van der Waals surface area contributed by atoms with Crippen molar-refractivity contribution in [2.24, 2.45) is 17.8 Å². The molecule has 5 atom stereocenters. The van der Waals surface area contributed by atoms with Crippen molar-refractivity contribution in [1.82, 2.24) is 4.57 Å². The van der Waals surface area contributed by atoms with Crippen LogP contribution in [0.2, 0.25) is 0 Å². The zero-order chi connectivity index (χ0) is 22.6. The van der Waals surface area contributed by atoms with E-state index >= 15 is 4.39 Å². The highest BCUT2D eigenvalue weighted by Gasteiger charge is 2.40. The molecule has 2 heterocycles. The maximum atomic E-state index is 15.1. The number of benzene rings is 2. The fraction of sp³-hybridized carbons (Fsp3) is 0.464. The molecule has 5 rings (SSSR count). The van der Waals surface area contributed by atoms with Gasteiger partial charge in [-0.2, -0.15) is 0 Å². The Morgan fingerprint density at radius 2 is 1.75 bits per heavy atom. The van der Waals surface area contributed by atoms with Gasteiger partial charge in [0.05, 0.1) is 17.2 Å². The van der Waals surface area contributed by atoms with Gasteiger partial charge in [0, 0.05) is 23.1 Å². The van der Waals surface area contributed by atoms with Crippen LogP contribution in [0.25, 0.3) is 10.9 Å². The largest absolute Gasteiger partial charge is 0.354 e. The van der Waals surface area contributed by atoms with Crippen LogP contribution in [0.15, 0.2) is 48.7 Å². The average molecular weight is 434 g/mol. The summed E-state index contributed by atoms with van der Waals surface area (Å²) >= 11 is 0. The van der Waals surface area contributed by atoms with Crippen LogP contribution in [0, 0.1) is 23.6 Å². The lowest BCUT2D eigenvalue weighted by atomic mass is 9.77. The molecule has 0 amide bonds. The summed E-state index contributed by atoms with van der Waals surface area (Å²) in [6.07, 6.45) is 5.12. The molecule has 0 N–H and O–H groups in total. The molecule has 1 saturated heterocycles. The van der Waals surface area contributed by atoms with Gasteiger partial charge in [-0.1, -0.05) is 58.0 Å². The van der Waals surface area contributed by atoms with Crippen molar-refractivity contribution in [2.45, 2.75) is 65.2 Å². The van der Waals surface area contributed by atoms with Crippen molar-refractivity contribution in [3.05, 3.63) is 71.2 Å². The monoisotopic (exact) mass is 433 g/mol. The molecule has 1 aliphatic heterocycles. The van der Waals surface area contributed by atoms with E-state index in [-0.39, 0.29) is 29.9 Å². The number of nitrogens with zero attached hydrogens (tertiary/aromatic N) is 1. The van der Waals surface area contributed by atoms with E-state index in [9.17, 15) is 4.79 Å². The number of halogens is 1. The van der Waals surface area contributed by atoms with Crippen LogP contribution >= 0.6 is 0 Å². The third-order valence-electron chi connectivity index (χ3n) is 7.96. The van der Waals surface area contributed by atoms with Crippen molar-refractivity contribution < 1.29 is 13.9 Å². The van der Waals surface area contributed by atoms with Gasteiger partial charge < -0.3 is 9.30 Å². The standard InChI is InChI=1S/C28H32FNO2/c1-5-25-17(3)16(2)18(4)28(32-25)30-15-22(26-23(29)7-6-8-24(26)30)27(31)21-13-11-20(12-14-21)19-9-10-19/h6-8,11-19,25,28H,5,9-10H2,1-4H3/t16-,17-,18+,25+,28+/m0/s1. The van der Waals surface area contributed by atoms with Crippen LogP contribution in [-0.4, -0.2) is 16.5 Å². The highest BCUT2D eigenvalue weighted by molar-refractivity contribution is 6.16. The molecule has 4 heteroatoms. The minimum Gasteiger partial charge on any atom is -0.354 e. The quantitative estimate of drug-likeness (QED) is 0.402. The summed E-state index contributed by atoms with van der Waals surface area (Å²) in [6.45, 7) is 8.86. The van der Waals surface area contributed by atoms with Crippen molar-refractivity contribution >= 4 is 16.7 Å². The normalized spacial score (nSPS) is 28.2. The summed E-state index contributed by atoms with van der Waals surface area (Å²) in [5.41, 5.74) is 3.01. The Kier molecular flexibility index (Phi) is 5.45. The van der Waals surface area contributed by atoms with E-state index < -0.39 is 0 Å². The lowest BCUT2D eigenvalue weighted by molar-refractivity contribution is -0.166. The molecule has 168 valence electrons. The molecule has 3 nitrogen and oxygen atoms in total. The Hall–Kier alpha value is -2.46. The van der Waals surface area contributed by atoms with E-state index in [0.29, 0.717) is 34.3 Å². The van der Waals surface area contributed by atoms with Crippen LogP contribution < -0.4 is 0 Å². The number of rotatable bonds is 5. The zero-order valence-corrected chi connectivity index (χ0v) is 19.3. The molecular formula is C28H32FNO2. The van der Waals surface area contributed by atoms with E-state index in [1.165, 1.54) is 24.5 Å². The van der Waals surface area contributed by atoms with Gasteiger partial charge in [0.25, 0.3) is 0 Å². The first-order chi connectivity index (χ1) is 15.4. The summed E-state index contributed by atoms with van der Waals surface area (Å²) in [5, 5.41) is 0.388. The molecule has 0 bridgehead atoms. The van der Waals surface area contributed by atoms with Crippen LogP contribution in [0.3, 0.4) is 0 Å². The number of hydrogen-bond acceptors (Lipinski definition) is 2. The minimum atomic E-state index is -0.365. The number of carbonyl (C=O) groups excluding carboxylic acids is 1. The van der Waals surface area contributed by atoms with Gasteiger partial charge in [-0.05, 0) is 54.7 Å². The molecule has 1 saturated carbocycles. The summed E-state index contributed by atoms with van der Waals surface area (Å²) in [5.74, 6) is 1.29. The van der Waals surface area contributed by atoms with E-state index in [2.05, 4.69) is 27.7 Å². The number of hydrogen-bond donors (Lipinski definition) is 0. The van der Waals surface area contributed by atoms with Gasteiger partial charge in [0.1, 0.15) is 12.0 Å². The van der Waals surface area contributed by atoms with Gasteiger partial charge in [0.15, 0.2) is 5.78 Å². The van der Waals surface area contributed by atoms with E-state index in [1.807, 2.05) is 41.1 Å². The zero-order valence-electron chi connectivity index (χ0n) is 19.3. The summed E-state index contributed by atoms with van der Waals surface area (Å²) in [4.78, 5) is 13.5. The maximum absolute atomic E-state index is 15.1. The predicted octanol–water partition coefficient (Wildman–Crippen LogP) is 7.10. The van der Waals surface area contributed by atoms with E-state index in [1.54, 1.807) is 6.07 Å². The fourth-order valence-electron chi connectivity index (χ4n) is 5.42. The van der Waals surface area contributed by atoms with E-state index in [0.717, 1.165) is 11.9 Å². The lowest BCUT2D eigenvalue weighted by Gasteiger charge is -2.44. The number of aromatic nitrogens is 1. The Bertz CT molecular complexity index is 1140. The van der Waals surface area contributed by atoms with Gasteiger partial charge in [-0.3, -0.25) is 4.79 Å². The predicted molar refractivity (Wildman–Crippen MR) is 125 cm³/mol. The molecule has 32 heavy (non-hydrogen) atoms. The molecule has 2 aromatic carbocycles. The van der Waals surface area contributed by atoms with Gasteiger partial charge >= 0.3 is 0 Å². The molecular weight excluding hydrogens is 401 g/mol.